The summed E-state index contributed by atoms with van der Waals surface area (Å²) in [6.07, 6.45) is -8.25. The molecule has 1 unspecified atom stereocenters. The Morgan fingerprint density at radius 1 is 0.718 bits per heavy atom. The molecule has 0 aliphatic heterocycles. The summed E-state index contributed by atoms with van der Waals surface area (Å²) in [7, 11) is 0. The van der Waals surface area contributed by atoms with Crippen molar-refractivity contribution < 1.29 is 35.5 Å². The van der Waals surface area contributed by atoms with Gasteiger partial charge in [-0.1, -0.05) is 48.5 Å². The number of aromatic nitrogens is 1. The maximum Gasteiger partial charge on any atom is 0.416 e. The Morgan fingerprint density at radius 3 is 2.03 bits per heavy atom. The van der Waals surface area contributed by atoms with Gasteiger partial charge in [0, 0.05) is 18.3 Å². The summed E-state index contributed by atoms with van der Waals surface area (Å²) in [5, 5.41) is 4.81. The van der Waals surface area contributed by atoms with Crippen molar-refractivity contribution in [2.75, 3.05) is 5.32 Å². The number of carbonyl (C=O) groups is 1. The average Bonchev–Trinajstić information content (AvgIpc) is 2.88. The number of alkyl halides is 6. The first-order chi connectivity index (χ1) is 18.4. The molecule has 4 nitrogen and oxygen atoms in total. The van der Waals surface area contributed by atoms with E-state index in [1.807, 2.05) is 0 Å². The molecule has 3 aromatic carbocycles. The summed E-state index contributed by atoms with van der Waals surface area (Å²) in [5.41, 5.74) is -3.71. The molecule has 202 valence electrons. The molecule has 0 spiro atoms. The summed E-state index contributed by atoms with van der Waals surface area (Å²) < 4.78 is 94.5. The van der Waals surface area contributed by atoms with Crippen LogP contribution in [0.1, 0.15) is 27.9 Å². The minimum atomic E-state index is -4.88. The molecule has 0 aliphatic carbocycles. The van der Waals surface area contributed by atoms with Crippen LogP contribution in [0.3, 0.4) is 0 Å². The van der Waals surface area contributed by atoms with Crippen LogP contribution < -0.4 is 10.6 Å². The highest BCUT2D eigenvalue weighted by Gasteiger charge is 2.40. The lowest BCUT2D eigenvalue weighted by atomic mass is 9.80. The molecule has 2 amide bonds. The van der Waals surface area contributed by atoms with Gasteiger partial charge in [0.05, 0.1) is 16.8 Å². The molecule has 0 saturated carbocycles. The molecule has 2 N–H and O–H groups in total. The SMILES string of the molecule is O=C(Nc1cc(F)cc(C(F)(F)F)c1)NC(Cc1ccccc1)(c1cccc(C(F)(F)F)c1)c1ccccn1. The maximum atomic E-state index is 13.9. The number of urea groups is 1. The molecule has 39 heavy (non-hydrogen) atoms. The quantitative estimate of drug-likeness (QED) is 0.245. The third kappa shape index (κ3) is 6.54. The van der Waals surface area contributed by atoms with Gasteiger partial charge in [0.25, 0.3) is 0 Å². The van der Waals surface area contributed by atoms with Gasteiger partial charge in [-0.15, -0.1) is 0 Å². The molecule has 4 rings (SSSR count). The van der Waals surface area contributed by atoms with Crippen molar-refractivity contribution in [2.24, 2.45) is 0 Å². The van der Waals surface area contributed by atoms with Crippen LogP contribution in [0.5, 0.6) is 0 Å². The van der Waals surface area contributed by atoms with Crippen molar-refractivity contribution in [2.45, 2.75) is 24.3 Å². The molecule has 0 aliphatic rings. The van der Waals surface area contributed by atoms with E-state index in [1.54, 1.807) is 42.5 Å². The van der Waals surface area contributed by atoms with Crippen LogP contribution in [-0.4, -0.2) is 11.0 Å². The van der Waals surface area contributed by atoms with Crippen LogP contribution in [0.15, 0.2) is 97.2 Å². The predicted molar refractivity (Wildman–Crippen MR) is 130 cm³/mol. The van der Waals surface area contributed by atoms with Crippen LogP contribution in [0.25, 0.3) is 0 Å². The monoisotopic (exact) mass is 547 g/mol. The molecule has 1 heterocycles. The van der Waals surface area contributed by atoms with Gasteiger partial charge in [-0.3, -0.25) is 4.98 Å². The summed E-state index contributed by atoms with van der Waals surface area (Å²) in [5.74, 6) is -1.24. The summed E-state index contributed by atoms with van der Waals surface area (Å²) in [4.78, 5) is 17.5. The molecule has 0 saturated heterocycles. The fraction of sp³-hybridized carbons (Fsp3) is 0.143. The van der Waals surface area contributed by atoms with Gasteiger partial charge in [-0.2, -0.15) is 26.3 Å². The number of nitrogens with zero attached hydrogens (tertiary/aromatic N) is 1. The lowest BCUT2D eigenvalue weighted by Gasteiger charge is -2.35. The third-order valence-corrected chi connectivity index (χ3v) is 5.91. The van der Waals surface area contributed by atoms with E-state index in [9.17, 15) is 35.5 Å². The normalized spacial score (nSPS) is 13.4. The van der Waals surface area contributed by atoms with Crippen molar-refractivity contribution in [3.05, 3.63) is 131 Å². The van der Waals surface area contributed by atoms with E-state index in [-0.39, 0.29) is 23.7 Å². The number of halogens is 7. The van der Waals surface area contributed by atoms with Gasteiger partial charge >= 0.3 is 18.4 Å². The van der Waals surface area contributed by atoms with Crippen molar-refractivity contribution in [3.63, 3.8) is 0 Å². The minimum Gasteiger partial charge on any atom is -0.322 e. The molecule has 4 aromatic rings. The molecule has 0 bridgehead atoms. The molecular weight excluding hydrogens is 527 g/mol. The second-order valence-corrected chi connectivity index (χ2v) is 8.67. The van der Waals surface area contributed by atoms with Gasteiger partial charge in [0.15, 0.2) is 0 Å². The van der Waals surface area contributed by atoms with Crippen LogP contribution in [0.2, 0.25) is 0 Å². The Kier molecular flexibility index (Phi) is 7.62. The highest BCUT2D eigenvalue weighted by molar-refractivity contribution is 5.90. The van der Waals surface area contributed by atoms with Crippen LogP contribution >= 0.6 is 0 Å². The number of amides is 2. The van der Waals surface area contributed by atoms with Crippen LogP contribution in [-0.2, 0) is 24.3 Å². The number of rotatable bonds is 6. The van der Waals surface area contributed by atoms with E-state index < -0.39 is 46.6 Å². The zero-order chi connectivity index (χ0) is 28.3. The predicted octanol–water partition coefficient (Wildman–Crippen LogP) is 7.57. The topological polar surface area (TPSA) is 54.0 Å². The average molecular weight is 547 g/mol. The van der Waals surface area contributed by atoms with E-state index in [0.29, 0.717) is 17.7 Å². The summed E-state index contributed by atoms with van der Waals surface area (Å²) in [6, 6.07) is 18.0. The van der Waals surface area contributed by atoms with Crippen molar-refractivity contribution >= 4 is 11.7 Å². The van der Waals surface area contributed by atoms with E-state index in [1.165, 1.54) is 24.4 Å². The van der Waals surface area contributed by atoms with E-state index in [2.05, 4.69) is 15.6 Å². The van der Waals surface area contributed by atoms with Crippen LogP contribution in [0.4, 0.5) is 41.2 Å². The van der Waals surface area contributed by atoms with Gasteiger partial charge in [-0.25, -0.2) is 9.18 Å². The Bertz CT molecular complexity index is 1440. The lowest BCUT2D eigenvalue weighted by Crippen LogP contribution is -2.50. The van der Waals surface area contributed by atoms with Crippen molar-refractivity contribution in [1.29, 1.82) is 0 Å². The Balaban J connectivity index is 1.83. The number of carbonyl (C=O) groups excluding carboxylic acids is 1. The largest absolute Gasteiger partial charge is 0.416 e. The first kappa shape index (κ1) is 27.6. The van der Waals surface area contributed by atoms with E-state index in [0.717, 1.165) is 12.1 Å². The number of benzene rings is 3. The Labute approximate surface area is 218 Å². The molecule has 0 fully saturated rings. The first-order valence-electron chi connectivity index (χ1n) is 11.5. The number of anilines is 1. The fourth-order valence-corrected chi connectivity index (χ4v) is 4.18. The molecular formula is C28H20F7N3O. The number of hydrogen-bond donors (Lipinski definition) is 2. The number of hydrogen-bond acceptors (Lipinski definition) is 2. The standard InChI is InChI=1S/C28H20F7N3O/c29-22-14-21(28(33,34)35)15-23(16-22)37-25(39)38-26(24-11-4-5-12-36-24,17-18-7-2-1-3-8-18)19-9-6-10-20(13-19)27(30,31)32/h1-16H,17H2,(H2,37,38,39). The van der Waals surface area contributed by atoms with Gasteiger partial charge in [0.2, 0.25) is 0 Å². The van der Waals surface area contributed by atoms with Gasteiger partial charge in [0.1, 0.15) is 11.4 Å². The van der Waals surface area contributed by atoms with Crippen molar-refractivity contribution in [1.82, 2.24) is 10.3 Å². The molecule has 1 atom stereocenters. The second kappa shape index (κ2) is 10.8. The van der Waals surface area contributed by atoms with E-state index in [4.69, 9.17) is 0 Å². The maximum absolute atomic E-state index is 13.9. The van der Waals surface area contributed by atoms with Crippen LogP contribution in [0, 0.1) is 5.82 Å². The smallest absolute Gasteiger partial charge is 0.322 e. The Morgan fingerprint density at radius 2 is 1.38 bits per heavy atom. The fourth-order valence-electron chi connectivity index (χ4n) is 4.18. The zero-order valence-electron chi connectivity index (χ0n) is 19.9. The highest BCUT2D eigenvalue weighted by Crippen LogP contribution is 2.37. The third-order valence-electron chi connectivity index (χ3n) is 5.91. The van der Waals surface area contributed by atoms with E-state index >= 15 is 0 Å². The highest BCUT2D eigenvalue weighted by atomic mass is 19.4. The first-order valence-corrected chi connectivity index (χ1v) is 11.5. The molecule has 0 radical (unpaired) electrons. The summed E-state index contributed by atoms with van der Waals surface area (Å²) in [6.45, 7) is 0. The zero-order valence-corrected chi connectivity index (χ0v) is 19.9. The lowest BCUT2D eigenvalue weighted by molar-refractivity contribution is -0.138. The minimum absolute atomic E-state index is 0.0188. The summed E-state index contributed by atoms with van der Waals surface area (Å²) >= 11 is 0. The molecule has 11 heteroatoms. The number of pyridine rings is 1. The van der Waals surface area contributed by atoms with Crippen molar-refractivity contribution in [3.8, 4) is 0 Å². The van der Waals surface area contributed by atoms with Gasteiger partial charge in [-0.05, 0) is 53.6 Å². The Hall–Kier alpha value is -4.41. The number of nitrogens with one attached hydrogen (secondary N) is 2. The second-order valence-electron chi connectivity index (χ2n) is 8.67. The molecule has 1 aromatic heterocycles. The van der Waals surface area contributed by atoms with Gasteiger partial charge < -0.3 is 10.6 Å².